The lowest BCUT2D eigenvalue weighted by Gasteiger charge is -2.35. The van der Waals surface area contributed by atoms with Crippen LogP contribution in [0.4, 0.5) is 5.82 Å². The van der Waals surface area contributed by atoms with Crippen LogP contribution in [0.25, 0.3) is 0 Å². The molecule has 3 unspecified atom stereocenters. The van der Waals surface area contributed by atoms with E-state index < -0.39 is 0 Å². The zero-order chi connectivity index (χ0) is 14.5. The Hall–Kier alpha value is -0.100. The van der Waals surface area contributed by atoms with Crippen molar-refractivity contribution < 1.29 is 0 Å². The largest absolute Gasteiger partial charge is 0.383 e. The summed E-state index contributed by atoms with van der Waals surface area (Å²) in [5, 5.41) is 5.39. The lowest BCUT2D eigenvalue weighted by Crippen LogP contribution is -2.38. The minimum absolute atomic E-state index is 0.217. The molecule has 0 aliphatic carbocycles. The van der Waals surface area contributed by atoms with Crippen molar-refractivity contribution in [2.75, 3.05) is 23.8 Å². The van der Waals surface area contributed by atoms with Crippen LogP contribution in [0.3, 0.4) is 0 Å². The Bertz CT molecular complexity index is 444. The Morgan fingerprint density at radius 3 is 2.95 bits per heavy atom. The van der Waals surface area contributed by atoms with Crippen molar-refractivity contribution >= 4 is 40.9 Å². The lowest BCUT2D eigenvalue weighted by molar-refractivity contribution is 0.509. The monoisotopic (exact) mass is 331 g/mol. The van der Waals surface area contributed by atoms with Gasteiger partial charge in [0.05, 0.1) is 5.02 Å². The van der Waals surface area contributed by atoms with E-state index >= 15 is 0 Å². The Morgan fingerprint density at radius 1 is 1.50 bits per heavy atom. The number of halogens is 1. The number of hydrogen-bond acceptors (Lipinski definition) is 5. The van der Waals surface area contributed by atoms with Crippen molar-refractivity contribution in [3.05, 3.63) is 22.8 Å². The van der Waals surface area contributed by atoms with Gasteiger partial charge in [0.15, 0.2) is 0 Å². The zero-order valence-electron chi connectivity index (χ0n) is 11.9. The molecule has 0 radical (unpaired) electrons. The molecule has 3 nitrogen and oxygen atoms in total. The highest BCUT2D eigenvalue weighted by Gasteiger charge is 2.32. The summed E-state index contributed by atoms with van der Waals surface area (Å²) in [7, 11) is 0. The van der Waals surface area contributed by atoms with E-state index in [0.717, 1.165) is 18.5 Å². The van der Waals surface area contributed by atoms with E-state index in [1.54, 1.807) is 6.20 Å². The number of rotatable bonds is 5. The summed E-state index contributed by atoms with van der Waals surface area (Å²) >= 11 is 10.2. The zero-order valence-corrected chi connectivity index (χ0v) is 14.3. The van der Waals surface area contributed by atoms with Crippen molar-refractivity contribution in [1.82, 2.24) is 10.3 Å². The fourth-order valence-electron chi connectivity index (χ4n) is 2.43. The molecule has 0 bridgehead atoms. The highest BCUT2D eigenvalue weighted by Crippen LogP contribution is 2.40. The first-order chi connectivity index (χ1) is 9.63. The van der Waals surface area contributed by atoms with Crippen LogP contribution in [-0.2, 0) is 0 Å². The third kappa shape index (κ3) is 3.97. The Labute approximate surface area is 134 Å². The molecular formula is C14H22ClN3S2. The van der Waals surface area contributed by atoms with Crippen LogP contribution in [0, 0.1) is 0 Å². The second-order valence-electron chi connectivity index (χ2n) is 4.97. The molecule has 1 fully saturated rings. The second-order valence-corrected chi connectivity index (χ2v) is 8.18. The summed E-state index contributed by atoms with van der Waals surface area (Å²) in [5.41, 5.74) is 7.13. The van der Waals surface area contributed by atoms with Crippen molar-refractivity contribution in [3.8, 4) is 0 Å². The predicted molar refractivity (Wildman–Crippen MR) is 92.9 cm³/mol. The fraction of sp³-hybridized carbons (Fsp3) is 0.643. The van der Waals surface area contributed by atoms with E-state index in [2.05, 4.69) is 24.1 Å². The highest BCUT2D eigenvalue weighted by molar-refractivity contribution is 8.07. The van der Waals surface area contributed by atoms with Crippen LogP contribution in [0.1, 0.15) is 31.9 Å². The molecule has 1 aromatic rings. The SMILES string of the molecule is CCCNC(c1cc(Cl)cnc1N)C1SCCSC1C. The van der Waals surface area contributed by atoms with Crippen molar-refractivity contribution in [2.24, 2.45) is 0 Å². The van der Waals surface area contributed by atoms with E-state index in [0.29, 0.717) is 21.3 Å². The molecule has 1 saturated heterocycles. The third-order valence-electron chi connectivity index (χ3n) is 3.43. The first kappa shape index (κ1) is 16.3. The molecule has 1 aromatic heterocycles. The average Bonchev–Trinajstić information content (AvgIpc) is 2.44. The summed E-state index contributed by atoms with van der Waals surface area (Å²) in [6.45, 7) is 5.46. The van der Waals surface area contributed by atoms with Crippen LogP contribution in [0.15, 0.2) is 12.3 Å². The van der Waals surface area contributed by atoms with Gasteiger partial charge in [0, 0.05) is 39.8 Å². The molecule has 112 valence electrons. The van der Waals surface area contributed by atoms with E-state index in [-0.39, 0.29) is 6.04 Å². The first-order valence-electron chi connectivity index (χ1n) is 7.01. The number of anilines is 1. The summed E-state index contributed by atoms with van der Waals surface area (Å²) in [5.74, 6) is 3.01. The average molecular weight is 332 g/mol. The predicted octanol–water partition coefficient (Wildman–Crippen LogP) is 3.60. The molecule has 1 aliphatic rings. The van der Waals surface area contributed by atoms with Gasteiger partial charge in [-0.05, 0) is 19.0 Å². The molecule has 6 heteroatoms. The number of nitrogens with one attached hydrogen (secondary N) is 1. The molecule has 1 aliphatic heterocycles. The van der Waals surface area contributed by atoms with Gasteiger partial charge in [-0.25, -0.2) is 4.98 Å². The van der Waals surface area contributed by atoms with Gasteiger partial charge in [-0.15, -0.1) is 0 Å². The van der Waals surface area contributed by atoms with E-state index in [9.17, 15) is 0 Å². The number of nitrogens with two attached hydrogens (primary N) is 1. The summed E-state index contributed by atoms with van der Waals surface area (Å²) in [6, 6.07) is 2.18. The second kappa shape index (κ2) is 7.78. The van der Waals surface area contributed by atoms with Gasteiger partial charge in [-0.1, -0.05) is 25.4 Å². The Kier molecular flexibility index (Phi) is 6.33. The molecule has 3 N–H and O–H groups in total. The molecule has 20 heavy (non-hydrogen) atoms. The highest BCUT2D eigenvalue weighted by atomic mass is 35.5. The van der Waals surface area contributed by atoms with E-state index in [4.69, 9.17) is 17.3 Å². The summed E-state index contributed by atoms with van der Waals surface area (Å²) in [6.07, 6.45) is 2.72. The normalized spacial score (nSPS) is 24.6. The molecule has 0 aromatic carbocycles. The first-order valence-corrected chi connectivity index (χ1v) is 9.48. The summed E-state index contributed by atoms with van der Waals surface area (Å²) < 4.78 is 0. The van der Waals surface area contributed by atoms with Crippen molar-refractivity contribution in [3.63, 3.8) is 0 Å². The van der Waals surface area contributed by atoms with Crippen molar-refractivity contribution in [2.45, 2.75) is 36.8 Å². The maximum absolute atomic E-state index is 6.11. The van der Waals surface area contributed by atoms with Gasteiger partial charge in [-0.2, -0.15) is 23.5 Å². The molecule has 0 spiro atoms. The van der Waals surface area contributed by atoms with Crippen LogP contribution < -0.4 is 11.1 Å². The smallest absolute Gasteiger partial charge is 0.128 e. The Morgan fingerprint density at radius 2 is 2.25 bits per heavy atom. The number of nitrogens with zero attached hydrogens (tertiary/aromatic N) is 1. The minimum Gasteiger partial charge on any atom is -0.383 e. The maximum atomic E-state index is 6.11. The van der Waals surface area contributed by atoms with Gasteiger partial charge in [-0.3, -0.25) is 0 Å². The van der Waals surface area contributed by atoms with Gasteiger partial charge in [0.25, 0.3) is 0 Å². The van der Waals surface area contributed by atoms with Crippen LogP contribution in [0.2, 0.25) is 5.02 Å². The van der Waals surface area contributed by atoms with Gasteiger partial charge < -0.3 is 11.1 Å². The van der Waals surface area contributed by atoms with E-state index in [1.807, 2.05) is 29.6 Å². The number of aromatic nitrogens is 1. The number of thioether (sulfide) groups is 2. The molecular weight excluding hydrogens is 310 g/mol. The number of hydrogen-bond donors (Lipinski definition) is 2. The Balaban J connectivity index is 2.28. The third-order valence-corrected chi connectivity index (χ3v) is 6.83. The molecule has 2 rings (SSSR count). The molecule has 3 atom stereocenters. The molecule has 0 amide bonds. The van der Waals surface area contributed by atoms with Gasteiger partial charge in [0.2, 0.25) is 0 Å². The number of nitrogen functional groups attached to an aromatic ring is 1. The van der Waals surface area contributed by atoms with Crippen LogP contribution in [-0.4, -0.2) is 33.5 Å². The van der Waals surface area contributed by atoms with Crippen LogP contribution in [0.5, 0.6) is 0 Å². The van der Waals surface area contributed by atoms with Crippen molar-refractivity contribution in [1.29, 1.82) is 0 Å². The minimum atomic E-state index is 0.217. The lowest BCUT2D eigenvalue weighted by atomic mass is 10.0. The fourth-order valence-corrected chi connectivity index (χ4v) is 5.54. The molecule has 0 saturated carbocycles. The number of pyridine rings is 1. The maximum Gasteiger partial charge on any atom is 0.128 e. The van der Waals surface area contributed by atoms with Gasteiger partial charge in [0.1, 0.15) is 5.82 Å². The van der Waals surface area contributed by atoms with E-state index in [1.165, 1.54) is 11.5 Å². The molecule has 2 heterocycles. The summed E-state index contributed by atoms with van der Waals surface area (Å²) in [4.78, 5) is 4.22. The van der Waals surface area contributed by atoms with Gasteiger partial charge >= 0.3 is 0 Å². The topological polar surface area (TPSA) is 50.9 Å². The van der Waals surface area contributed by atoms with Crippen LogP contribution >= 0.6 is 35.1 Å². The quantitative estimate of drug-likeness (QED) is 0.863. The standard InChI is InChI=1S/C14H22ClN3S2/c1-3-4-17-12(13-9(2)19-5-6-20-13)11-7-10(15)8-18-14(11)16/h7-9,12-13,17H,3-6H2,1-2H3,(H2,16,18).